The summed E-state index contributed by atoms with van der Waals surface area (Å²) in [6, 6.07) is 2.02. The highest BCUT2D eigenvalue weighted by atomic mass is 32.2. The van der Waals surface area contributed by atoms with Crippen LogP contribution in [-0.4, -0.2) is 22.8 Å². The van der Waals surface area contributed by atoms with E-state index >= 15 is 0 Å². The predicted molar refractivity (Wildman–Crippen MR) is 73.4 cm³/mol. The lowest BCUT2D eigenvalue weighted by atomic mass is 9.83. The minimum atomic E-state index is 0.818. The number of nitrogens with one attached hydrogen (secondary N) is 1. The molecule has 0 atom stereocenters. The van der Waals surface area contributed by atoms with Crippen LogP contribution < -0.4 is 5.32 Å². The largest absolute Gasteiger partial charge is 0.370 e. The van der Waals surface area contributed by atoms with Crippen LogP contribution in [0.1, 0.15) is 32.6 Å². The van der Waals surface area contributed by atoms with Crippen molar-refractivity contribution in [1.29, 1.82) is 0 Å². The summed E-state index contributed by atoms with van der Waals surface area (Å²) in [7, 11) is 0. The van der Waals surface area contributed by atoms with Gasteiger partial charge in [-0.3, -0.25) is 0 Å². The van der Waals surface area contributed by atoms with Crippen molar-refractivity contribution in [3.8, 4) is 0 Å². The summed E-state index contributed by atoms with van der Waals surface area (Å²) in [6.07, 6.45) is 9.15. The van der Waals surface area contributed by atoms with E-state index in [1.54, 1.807) is 18.1 Å². The second-order valence-corrected chi connectivity index (χ2v) is 5.78. The van der Waals surface area contributed by atoms with Gasteiger partial charge in [0.05, 0.1) is 0 Å². The average molecular weight is 251 g/mol. The maximum absolute atomic E-state index is 4.25. The molecule has 0 amide bonds. The van der Waals surface area contributed by atoms with Crippen molar-refractivity contribution < 1.29 is 0 Å². The van der Waals surface area contributed by atoms with Gasteiger partial charge in [0.1, 0.15) is 17.2 Å². The third kappa shape index (κ3) is 3.87. The van der Waals surface area contributed by atoms with Crippen LogP contribution in [0, 0.1) is 11.8 Å². The molecule has 1 N–H and O–H groups in total. The molecule has 1 fully saturated rings. The van der Waals surface area contributed by atoms with Gasteiger partial charge in [-0.2, -0.15) is 0 Å². The zero-order valence-corrected chi connectivity index (χ0v) is 11.5. The standard InChI is InChI=1S/C13H21N3S/c1-10-3-5-11(6-4-10)8-14-12-7-13(17-2)16-9-15-12/h7,9-11H,3-6,8H2,1-2H3,(H,14,15,16). The van der Waals surface area contributed by atoms with Gasteiger partial charge in [-0.1, -0.05) is 19.8 Å². The Bertz CT molecular complexity index is 348. The molecule has 1 saturated carbocycles. The molecule has 0 bridgehead atoms. The third-order valence-corrected chi connectivity index (χ3v) is 4.20. The first-order valence-corrected chi connectivity index (χ1v) is 7.60. The molecule has 94 valence electrons. The Balaban J connectivity index is 1.81. The fourth-order valence-electron chi connectivity index (χ4n) is 2.33. The minimum absolute atomic E-state index is 0.818. The van der Waals surface area contributed by atoms with Crippen molar-refractivity contribution in [3.05, 3.63) is 12.4 Å². The summed E-state index contributed by atoms with van der Waals surface area (Å²) in [6.45, 7) is 3.41. The maximum atomic E-state index is 4.25. The van der Waals surface area contributed by atoms with Gasteiger partial charge in [-0.05, 0) is 30.9 Å². The molecule has 3 nitrogen and oxygen atoms in total. The smallest absolute Gasteiger partial charge is 0.130 e. The van der Waals surface area contributed by atoms with Gasteiger partial charge in [0, 0.05) is 12.6 Å². The molecule has 0 aromatic carbocycles. The van der Waals surface area contributed by atoms with E-state index in [1.165, 1.54) is 25.7 Å². The van der Waals surface area contributed by atoms with E-state index in [9.17, 15) is 0 Å². The van der Waals surface area contributed by atoms with Gasteiger partial charge < -0.3 is 5.32 Å². The number of thioether (sulfide) groups is 1. The van der Waals surface area contributed by atoms with Gasteiger partial charge in [0.2, 0.25) is 0 Å². The molecule has 4 heteroatoms. The fourth-order valence-corrected chi connectivity index (χ4v) is 2.71. The molecule has 1 aliphatic carbocycles. The minimum Gasteiger partial charge on any atom is -0.370 e. The maximum Gasteiger partial charge on any atom is 0.130 e. The molecular formula is C13H21N3S. The van der Waals surface area contributed by atoms with Gasteiger partial charge >= 0.3 is 0 Å². The van der Waals surface area contributed by atoms with Crippen LogP contribution in [0.3, 0.4) is 0 Å². The van der Waals surface area contributed by atoms with E-state index in [0.29, 0.717) is 0 Å². The predicted octanol–water partition coefficient (Wildman–Crippen LogP) is 3.44. The highest BCUT2D eigenvalue weighted by Gasteiger charge is 2.17. The monoisotopic (exact) mass is 251 g/mol. The van der Waals surface area contributed by atoms with Crippen LogP contribution in [-0.2, 0) is 0 Å². The van der Waals surface area contributed by atoms with Crippen molar-refractivity contribution in [2.24, 2.45) is 11.8 Å². The van der Waals surface area contributed by atoms with Gasteiger partial charge in [0.25, 0.3) is 0 Å². The Morgan fingerprint density at radius 3 is 2.76 bits per heavy atom. The van der Waals surface area contributed by atoms with Gasteiger partial charge in [-0.15, -0.1) is 11.8 Å². The van der Waals surface area contributed by atoms with Crippen LogP contribution in [0.2, 0.25) is 0 Å². The van der Waals surface area contributed by atoms with E-state index < -0.39 is 0 Å². The number of aromatic nitrogens is 2. The normalized spacial score (nSPS) is 24.6. The first kappa shape index (κ1) is 12.7. The highest BCUT2D eigenvalue weighted by Crippen LogP contribution is 2.28. The van der Waals surface area contributed by atoms with Crippen molar-refractivity contribution in [1.82, 2.24) is 9.97 Å². The molecule has 2 rings (SSSR count). The second-order valence-electron chi connectivity index (χ2n) is 4.95. The summed E-state index contributed by atoms with van der Waals surface area (Å²) >= 11 is 1.65. The van der Waals surface area contributed by atoms with Crippen LogP contribution in [0.25, 0.3) is 0 Å². The fraction of sp³-hybridized carbons (Fsp3) is 0.692. The lowest BCUT2D eigenvalue weighted by Gasteiger charge is -2.26. The van der Waals surface area contributed by atoms with E-state index in [1.807, 2.05) is 12.3 Å². The Morgan fingerprint density at radius 2 is 2.06 bits per heavy atom. The molecule has 0 unspecified atom stereocenters. The molecule has 0 aliphatic heterocycles. The summed E-state index contributed by atoms with van der Waals surface area (Å²) in [4.78, 5) is 8.43. The lowest BCUT2D eigenvalue weighted by molar-refractivity contribution is 0.300. The molecule has 0 saturated heterocycles. The number of hydrogen-bond acceptors (Lipinski definition) is 4. The first-order chi connectivity index (χ1) is 8.28. The summed E-state index contributed by atoms with van der Waals surface area (Å²) in [5.74, 6) is 2.70. The van der Waals surface area contributed by atoms with Crippen molar-refractivity contribution in [3.63, 3.8) is 0 Å². The highest BCUT2D eigenvalue weighted by molar-refractivity contribution is 7.98. The van der Waals surface area contributed by atoms with E-state index in [4.69, 9.17) is 0 Å². The van der Waals surface area contributed by atoms with Crippen LogP contribution in [0.5, 0.6) is 0 Å². The second kappa shape index (κ2) is 6.24. The molecular weight excluding hydrogens is 230 g/mol. The SMILES string of the molecule is CSc1cc(NCC2CCC(C)CC2)ncn1. The molecule has 0 spiro atoms. The molecule has 1 heterocycles. The Kier molecular flexibility index (Phi) is 4.66. The number of hydrogen-bond donors (Lipinski definition) is 1. The molecule has 0 radical (unpaired) electrons. The summed E-state index contributed by atoms with van der Waals surface area (Å²) < 4.78 is 0. The molecule has 1 aliphatic rings. The number of anilines is 1. The Morgan fingerprint density at radius 1 is 1.29 bits per heavy atom. The zero-order chi connectivity index (χ0) is 12.1. The van der Waals surface area contributed by atoms with E-state index in [2.05, 4.69) is 22.2 Å². The number of nitrogens with zero attached hydrogens (tertiary/aromatic N) is 2. The van der Waals surface area contributed by atoms with E-state index in [0.717, 1.165) is 29.2 Å². The Hall–Kier alpha value is -0.770. The summed E-state index contributed by atoms with van der Waals surface area (Å²) in [5.41, 5.74) is 0. The van der Waals surface area contributed by atoms with Crippen LogP contribution >= 0.6 is 11.8 Å². The van der Waals surface area contributed by atoms with Crippen molar-refractivity contribution in [2.45, 2.75) is 37.6 Å². The van der Waals surface area contributed by atoms with Gasteiger partial charge in [0.15, 0.2) is 0 Å². The van der Waals surface area contributed by atoms with Crippen molar-refractivity contribution >= 4 is 17.6 Å². The molecule has 17 heavy (non-hydrogen) atoms. The Labute approximate surface area is 108 Å². The van der Waals surface area contributed by atoms with Crippen LogP contribution in [0.4, 0.5) is 5.82 Å². The molecule has 1 aromatic rings. The molecule has 1 aromatic heterocycles. The van der Waals surface area contributed by atoms with Crippen LogP contribution in [0.15, 0.2) is 17.4 Å². The quantitative estimate of drug-likeness (QED) is 0.657. The van der Waals surface area contributed by atoms with Gasteiger partial charge in [-0.25, -0.2) is 9.97 Å². The van der Waals surface area contributed by atoms with Crippen molar-refractivity contribution in [2.75, 3.05) is 18.1 Å². The average Bonchev–Trinajstić information content (AvgIpc) is 2.38. The third-order valence-electron chi connectivity index (χ3n) is 3.56. The summed E-state index contributed by atoms with van der Waals surface area (Å²) in [5, 5.41) is 4.47. The number of rotatable bonds is 4. The zero-order valence-electron chi connectivity index (χ0n) is 10.6. The van der Waals surface area contributed by atoms with E-state index in [-0.39, 0.29) is 0 Å². The first-order valence-electron chi connectivity index (χ1n) is 6.38. The topological polar surface area (TPSA) is 37.8 Å². The lowest BCUT2D eigenvalue weighted by Crippen LogP contribution is -2.20.